The summed E-state index contributed by atoms with van der Waals surface area (Å²) in [5.41, 5.74) is 4.56. The Balaban J connectivity index is 2.00. The standard InChI is InChI=1S/C14H19N3O/c1-9-7-10(2)12-11(8-9)13(14(18)16-12)17-5-3-15-4-6-17/h7-8,13,15H,3-6H2,1-2H3,(H,16,18). The van der Waals surface area contributed by atoms with E-state index in [1.165, 1.54) is 5.56 Å². The number of hydrogen-bond acceptors (Lipinski definition) is 3. The molecule has 96 valence electrons. The van der Waals surface area contributed by atoms with Gasteiger partial charge in [-0.3, -0.25) is 9.69 Å². The molecule has 1 unspecified atom stereocenters. The lowest BCUT2D eigenvalue weighted by Crippen LogP contribution is -2.46. The van der Waals surface area contributed by atoms with Gasteiger partial charge in [0.2, 0.25) is 5.91 Å². The van der Waals surface area contributed by atoms with E-state index in [0.717, 1.165) is 43.0 Å². The molecule has 0 spiro atoms. The molecule has 2 heterocycles. The van der Waals surface area contributed by atoms with Gasteiger partial charge in [-0.2, -0.15) is 0 Å². The molecule has 2 aliphatic heterocycles. The Morgan fingerprint density at radius 1 is 1.22 bits per heavy atom. The number of rotatable bonds is 1. The van der Waals surface area contributed by atoms with Crippen molar-refractivity contribution >= 4 is 11.6 Å². The first-order valence-corrected chi connectivity index (χ1v) is 6.53. The van der Waals surface area contributed by atoms with E-state index >= 15 is 0 Å². The minimum atomic E-state index is -0.0966. The van der Waals surface area contributed by atoms with Crippen LogP contribution in [0.5, 0.6) is 0 Å². The second kappa shape index (κ2) is 4.37. The molecule has 0 bridgehead atoms. The number of aryl methyl sites for hydroxylation is 2. The first-order chi connectivity index (χ1) is 8.66. The van der Waals surface area contributed by atoms with E-state index < -0.39 is 0 Å². The van der Waals surface area contributed by atoms with Gasteiger partial charge in [0.05, 0.1) is 0 Å². The predicted octanol–water partition coefficient (Wildman–Crippen LogP) is 1.20. The zero-order valence-electron chi connectivity index (χ0n) is 10.9. The summed E-state index contributed by atoms with van der Waals surface area (Å²) in [7, 11) is 0. The molecule has 18 heavy (non-hydrogen) atoms. The predicted molar refractivity (Wildman–Crippen MR) is 71.7 cm³/mol. The molecule has 3 rings (SSSR count). The second-order valence-corrected chi connectivity index (χ2v) is 5.22. The molecule has 1 saturated heterocycles. The van der Waals surface area contributed by atoms with Crippen LogP contribution in [-0.2, 0) is 4.79 Å². The van der Waals surface area contributed by atoms with Crippen LogP contribution in [-0.4, -0.2) is 37.0 Å². The number of carbonyl (C=O) groups excluding carboxylic acids is 1. The molecule has 4 heteroatoms. The van der Waals surface area contributed by atoms with E-state index in [-0.39, 0.29) is 11.9 Å². The van der Waals surface area contributed by atoms with Gasteiger partial charge < -0.3 is 10.6 Å². The molecular weight excluding hydrogens is 226 g/mol. The molecule has 1 fully saturated rings. The summed E-state index contributed by atoms with van der Waals surface area (Å²) in [5, 5.41) is 6.37. The highest BCUT2D eigenvalue weighted by molar-refractivity contribution is 6.03. The zero-order valence-corrected chi connectivity index (χ0v) is 10.9. The Labute approximate surface area is 107 Å². The highest BCUT2D eigenvalue weighted by Gasteiger charge is 2.36. The Morgan fingerprint density at radius 3 is 2.67 bits per heavy atom. The highest BCUT2D eigenvalue weighted by atomic mass is 16.2. The summed E-state index contributed by atoms with van der Waals surface area (Å²) in [4.78, 5) is 14.5. The Kier molecular flexibility index (Phi) is 2.84. The van der Waals surface area contributed by atoms with Crippen LogP contribution in [0.1, 0.15) is 22.7 Å². The van der Waals surface area contributed by atoms with Crippen LogP contribution in [0.3, 0.4) is 0 Å². The third-order valence-corrected chi connectivity index (χ3v) is 3.82. The molecule has 1 atom stereocenters. The third kappa shape index (κ3) is 1.82. The largest absolute Gasteiger partial charge is 0.324 e. The average molecular weight is 245 g/mol. The number of nitrogens with one attached hydrogen (secondary N) is 2. The number of benzene rings is 1. The number of piperazine rings is 1. The number of hydrogen-bond donors (Lipinski definition) is 2. The lowest BCUT2D eigenvalue weighted by Gasteiger charge is -2.31. The van der Waals surface area contributed by atoms with Gasteiger partial charge in [0.15, 0.2) is 0 Å². The minimum Gasteiger partial charge on any atom is -0.324 e. The molecule has 0 saturated carbocycles. The van der Waals surface area contributed by atoms with Crippen molar-refractivity contribution in [2.45, 2.75) is 19.9 Å². The first-order valence-electron chi connectivity index (χ1n) is 6.53. The van der Waals surface area contributed by atoms with Crippen molar-refractivity contribution in [2.75, 3.05) is 31.5 Å². The van der Waals surface area contributed by atoms with Gasteiger partial charge in [0, 0.05) is 37.4 Å². The fourth-order valence-electron chi connectivity index (χ4n) is 3.02. The molecule has 0 aromatic heterocycles. The molecule has 2 aliphatic rings. The lowest BCUT2D eigenvalue weighted by atomic mass is 10.0. The van der Waals surface area contributed by atoms with Crippen LogP contribution < -0.4 is 10.6 Å². The fourth-order valence-corrected chi connectivity index (χ4v) is 3.02. The van der Waals surface area contributed by atoms with Crippen molar-refractivity contribution in [3.63, 3.8) is 0 Å². The Morgan fingerprint density at radius 2 is 1.94 bits per heavy atom. The number of amides is 1. The van der Waals surface area contributed by atoms with E-state index in [1.54, 1.807) is 0 Å². The molecule has 4 nitrogen and oxygen atoms in total. The van der Waals surface area contributed by atoms with Gasteiger partial charge in [-0.15, -0.1) is 0 Å². The highest BCUT2D eigenvalue weighted by Crippen LogP contribution is 2.37. The van der Waals surface area contributed by atoms with Crippen molar-refractivity contribution < 1.29 is 4.79 Å². The maximum Gasteiger partial charge on any atom is 0.246 e. The lowest BCUT2D eigenvalue weighted by molar-refractivity contribution is -0.121. The van der Waals surface area contributed by atoms with Crippen LogP contribution >= 0.6 is 0 Å². The Bertz CT molecular complexity index is 492. The summed E-state index contributed by atoms with van der Waals surface area (Å²) >= 11 is 0. The molecule has 1 amide bonds. The first kappa shape index (κ1) is 11.7. The van der Waals surface area contributed by atoms with Crippen LogP contribution in [0, 0.1) is 13.8 Å². The van der Waals surface area contributed by atoms with Gasteiger partial charge in [0.1, 0.15) is 6.04 Å². The summed E-state index contributed by atoms with van der Waals surface area (Å²) < 4.78 is 0. The quantitative estimate of drug-likeness (QED) is 0.781. The third-order valence-electron chi connectivity index (χ3n) is 3.82. The van der Waals surface area contributed by atoms with Crippen molar-refractivity contribution in [2.24, 2.45) is 0 Å². The van der Waals surface area contributed by atoms with E-state index in [9.17, 15) is 4.79 Å². The molecular formula is C14H19N3O. The van der Waals surface area contributed by atoms with Crippen molar-refractivity contribution in [3.05, 3.63) is 28.8 Å². The Hall–Kier alpha value is -1.39. The van der Waals surface area contributed by atoms with E-state index in [2.05, 4.69) is 41.5 Å². The maximum absolute atomic E-state index is 12.2. The average Bonchev–Trinajstić information content (AvgIpc) is 2.67. The van der Waals surface area contributed by atoms with Crippen molar-refractivity contribution in [3.8, 4) is 0 Å². The minimum absolute atomic E-state index is 0.0966. The van der Waals surface area contributed by atoms with E-state index in [0.29, 0.717) is 0 Å². The van der Waals surface area contributed by atoms with E-state index in [1.807, 2.05) is 0 Å². The van der Waals surface area contributed by atoms with Crippen LogP contribution in [0.2, 0.25) is 0 Å². The smallest absolute Gasteiger partial charge is 0.246 e. The van der Waals surface area contributed by atoms with Crippen LogP contribution in [0.15, 0.2) is 12.1 Å². The maximum atomic E-state index is 12.2. The normalized spacial score (nSPS) is 23.9. The fraction of sp³-hybridized carbons (Fsp3) is 0.500. The zero-order chi connectivity index (χ0) is 12.7. The van der Waals surface area contributed by atoms with Gasteiger partial charge in [-0.05, 0) is 19.4 Å². The van der Waals surface area contributed by atoms with Gasteiger partial charge in [-0.1, -0.05) is 17.7 Å². The number of nitrogens with zero attached hydrogens (tertiary/aromatic N) is 1. The number of carbonyl (C=O) groups is 1. The SMILES string of the molecule is Cc1cc(C)c2c(c1)C(N1CCNCC1)C(=O)N2. The van der Waals surface area contributed by atoms with Gasteiger partial charge in [-0.25, -0.2) is 0 Å². The van der Waals surface area contributed by atoms with Crippen LogP contribution in [0.4, 0.5) is 5.69 Å². The summed E-state index contributed by atoms with van der Waals surface area (Å²) in [6.45, 7) is 7.94. The van der Waals surface area contributed by atoms with Crippen molar-refractivity contribution in [1.29, 1.82) is 0 Å². The van der Waals surface area contributed by atoms with Gasteiger partial charge in [0.25, 0.3) is 0 Å². The number of fused-ring (bicyclic) bond motifs is 1. The van der Waals surface area contributed by atoms with Crippen molar-refractivity contribution in [1.82, 2.24) is 10.2 Å². The topological polar surface area (TPSA) is 44.4 Å². The summed E-state index contributed by atoms with van der Waals surface area (Å²) in [6, 6.07) is 4.17. The van der Waals surface area contributed by atoms with Gasteiger partial charge >= 0.3 is 0 Å². The van der Waals surface area contributed by atoms with E-state index in [4.69, 9.17) is 0 Å². The molecule has 0 aliphatic carbocycles. The second-order valence-electron chi connectivity index (χ2n) is 5.22. The number of anilines is 1. The molecule has 2 N–H and O–H groups in total. The summed E-state index contributed by atoms with van der Waals surface area (Å²) in [5.74, 6) is 0.126. The summed E-state index contributed by atoms with van der Waals surface area (Å²) in [6.07, 6.45) is 0. The molecule has 1 aromatic rings. The molecule has 0 radical (unpaired) electrons. The monoisotopic (exact) mass is 245 g/mol. The van der Waals surface area contributed by atoms with Crippen LogP contribution in [0.25, 0.3) is 0 Å². The molecule has 1 aromatic carbocycles.